The van der Waals surface area contributed by atoms with E-state index in [1.807, 2.05) is 0 Å². The van der Waals surface area contributed by atoms with Gasteiger partial charge >= 0.3 is 16.0 Å². The first-order valence-electron chi connectivity index (χ1n) is 4.24. The molecule has 3 heteroatoms. The van der Waals surface area contributed by atoms with Gasteiger partial charge in [-0.25, -0.2) is 0 Å². The summed E-state index contributed by atoms with van der Waals surface area (Å²) in [6, 6.07) is 0. The van der Waals surface area contributed by atoms with E-state index in [0.29, 0.717) is 0 Å². The van der Waals surface area contributed by atoms with Crippen LogP contribution in [0.4, 0.5) is 0 Å². The van der Waals surface area contributed by atoms with Crippen molar-refractivity contribution in [1.29, 1.82) is 0 Å². The molecule has 0 saturated heterocycles. The van der Waals surface area contributed by atoms with E-state index < -0.39 is 0 Å². The van der Waals surface area contributed by atoms with E-state index in [9.17, 15) is 0 Å². The van der Waals surface area contributed by atoms with Gasteiger partial charge < -0.3 is 0 Å². The molecule has 65 valence electrons. The normalized spacial score (nSPS) is 8.00. The van der Waals surface area contributed by atoms with Gasteiger partial charge in [0.1, 0.15) is 0 Å². The third kappa shape index (κ3) is 24.5. The molecule has 0 heterocycles. The van der Waals surface area contributed by atoms with Crippen LogP contribution in [0.25, 0.3) is 0 Å². The summed E-state index contributed by atoms with van der Waals surface area (Å²) in [5.74, 6) is 0. The van der Waals surface area contributed by atoms with Crippen LogP contribution in [0.15, 0.2) is 0 Å². The molecule has 0 aliphatic carbocycles. The Labute approximate surface area is 93.4 Å². The highest BCUT2D eigenvalue weighted by Crippen LogP contribution is 2.03. The van der Waals surface area contributed by atoms with Gasteiger partial charge in [0.15, 0.2) is 0 Å². The molecule has 0 aromatic heterocycles. The third-order valence-corrected chi connectivity index (χ3v) is 1.35. The van der Waals surface area contributed by atoms with Crippen LogP contribution in [-0.4, -0.2) is 16.0 Å². The zero-order chi connectivity index (χ0) is 8.95. The minimum Gasteiger partial charge on any atom is -0.280 e. The Morgan fingerprint density at radius 2 is 1.55 bits per heavy atom. The number of hydrogen-bond donors (Lipinski definition) is 0. The zero-order valence-electron chi connectivity index (χ0n) is 7.41. The third-order valence-electron chi connectivity index (χ3n) is 1.35. The number of halogens is 2. The molecule has 0 aliphatic heterocycles. The Bertz CT molecular complexity index is 45.4. The van der Waals surface area contributed by atoms with Gasteiger partial charge in [0.2, 0.25) is 0 Å². The van der Waals surface area contributed by atoms with Crippen LogP contribution in [0.2, 0.25) is 0 Å². The fraction of sp³-hybridized carbons (Fsp3) is 0.875. The topological polar surface area (TPSA) is 0 Å². The number of hydrogen-bond acceptors (Lipinski definition) is 0. The van der Waals surface area contributed by atoms with Crippen LogP contribution in [-0.2, 0) is 0 Å². The van der Waals surface area contributed by atoms with E-state index in [1.54, 1.807) is 0 Å². The van der Waals surface area contributed by atoms with E-state index in [4.69, 9.17) is 0 Å². The first kappa shape index (κ1) is 15.2. The summed E-state index contributed by atoms with van der Waals surface area (Å²) >= 11 is 6.44. The molecule has 0 aromatic rings. The molecule has 0 unspecified atom stereocenters. The van der Waals surface area contributed by atoms with Crippen molar-refractivity contribution in [1.82, 2.24) is 0 Å². The molecular formula is C8H17Br2Mg. The van der Waals surface area contributed by atoms with Crippen molar-refractivity contribution in [2.24, 2.45) is 0 Å². The lowest BCUT2D eigenvalue weighted by molar-refractivity contribution is 0.637. The van der Waals surface area contributed by atoms with Gasteiger partial charge in [-0.2, -0.15) is 0 Å². The zero-order valence-corrected chi connectivity index (χ0v) is 12.0. The van der Waals surface area contributed by atoms with Gasteiger partial charge in [-0.15, -0.1) is 0 Å². The number of rotatable bonds is 5. The minimum absolute atomic E-state index is 0.0417. The highest BCUT2D eigenvalue weighted by molar-refractivity contribution is 9.47. The van der Waals surface area contributed by atoms with Crippen LogP contribution in [0.1, 0.15) is 45.4 Å². The predicted octanol–water partition coefficient (Wildman–Crippen LogP) is 4.49. The summed E-state index contributed by atoms with van der Waals surface area (Å²) in [6.07, 6.45) is 7.98. The van der Waals surface area contributed by atoms with Gasteiger partial charge in [0.25, 0.3) is 0 Å². The predicted molar refractivity (Wildman–Crippen MR) is 62.3 cm³/mol. The van der Waals surface area contributed by atoms with Gasteiger partial charge in [0.05, 0.1) is 0 Å². The second-order valence-corrected chi connectivity index (χ2v) is 10.5. The fourth-order valence-electron chi connectivity index (χ4n) is 0.780. The summed E-state index contributed by atoms with van der Waals surface area (Å²) in [7, 11) is 0. The first-order chi connectivity index (χ1) is 5.33. The van der Waals surface area contributed by atoms with Crippen LogP contribution >= 0.6 is 25.8 Å². The summed E-state index contributed by atoms with van der Waals surface area (Å²) in [5.41, 5.74) is 0. The average Bonchev–Trinajstić information content (AvgIpc) is 2.00. The van der Waals surface area contributed by atoms with Crippen molar-refractivity contribution in [2.75, 3.05) is 0 Å². The highest BCUT2D eigenvalue weighted by Gasteiger charge is 1.83. The monoisotopic (exact) mass is 295 g/mol. The van der Waals surface area contributed by atoms with Crippen molar-refractivity contribution < 1.29 is 0 Å². The molecule has 0 N–H and O–H groups in total. The molecule has 0 fully saturated rings. The minimum atomic E-state index is 0.0417. The van der Waals surface area contributed by atoms with Crippen LogP contribution in [0.3, 0.4) is 0 Å². The van der Waals surface area contributed by atoms with Crippen LogP contribution in [0.5, 0.6) is 0 Å². The van der Waals surface area contributed by atoms with Crippen molar-refractivity contribution in [3.63, 3.8) is 0 Å². The second kappa shape index (κ2) is 17.7. The van der Waals surface area contributed by atoms with Gasteiger partial charge in [0, 0.05) is 0 Å². The SMILES string of the molecule is [Br][Mg][Br].[CH2]CCCCCCC. The van der Waals surface area contributed by atoms with Crippen LogP contribution < -0.4 is 0 Å². The lowest BCUT2D eigenvalue weighted by Crippen LogP contribution is -1.74. The van der Waals surface area contributed by atoms with Gasteiger partial charge in [-0.05, 0) is 0 Å². The van der Waals surface area contributed by atoms with E-state index in [0.717, 1.165) is 6.42 Å². The maximum absolute atomic E-state index is 3.78. The average molecular weight is 297 g/mol. The lowest BCUT2D eigenvalue weighted by atomic mass is 10.1. The number of unbranched alkanes of at least 4 members (excludes halogenated alkanes) is 5. The maximum Gasteiger partial charge on any atom is 0.560 e. The van der Waals surface area contributed by atoms with E-state index in [1.165, 1.54) is 32.1 Å². The molecule has 0 bridgehead atoms. The largest absolute Gasteiger partial charge is 0.560 e. The molecule has 0 aliphatic rings. The van der Waals surface area contributed by atoms with Crippen LogP contribution in [0, 0.1) is 6.92 Å². The molecule has 0 atom stereocenters. The van der Waals surface area contributed by atoms with Crippen molar-refractivity contribution in [2.45, 2.75) is 45.4 Å². The molecular weight excluding hydrogens is 280 g/mol. The Morgan fingerprint density at radius 3 is 1.91 bits per heavy atom. The standard InChI is InChI=1S/C8H17.2BrH.Mg/c1-3-5-7-8-6-4-2;;;/h1,3-8H2,2H3;2*1H;/q;;;+2/p-2. The smallest absolute Gasteiger partial charge is 0.280 e. The van der Waals surface area contributed by atoms with Crippen molar-refractivity contribution in [3.05, 3.63) is 6.92 Å². The van der Waals surface area contributed by atoms with Crippen molar-refractivity contribution in [3.8, 4) is 0 Å². The Hall–Kier alpha value is 1.73. The van der Waals surface area contributed by atoms with E-state index in [2.05, 4.69) is 39.6 Å². The second-order valence-electron chi connectivity index (χ2n) is 2.37. The molecule has 0 nitrogen and oxygen atoms in total. The quantitative estimate of drug-likeness (QED) is 0.518. The summed E-state index contributed by atoms with van der Waals surface area (Å²) in [5, 5.41) is 0. The summed E-state index contributed by atoms with van der Waals surface area (Å²) in [4.78, 5) is 0. The molecule has 0 amide bonds. The molecule has 0 spiro atoms. The molecule has 11 heavy (non-hydrogen) atoms. The van der Waals surface area contributed by atoms with Gasteiger partial charge in [-0.3, -0.25) is 25.8 Å². The van der Waals surface area contributed by atoms with E-state index >= 15 is 0 Å². The molecule has 0 saturated carbocycles. The fourth-order valence-corrected chi connectivity index (χ4v) is 0.780. The van der Waals surface area contributed by atoms with E-state index in [-0.39, 0.29) is 16.0 Å². The lowest BCUT2D eigenvalue weighted by Gasteiger charge is -1.93. The summed E-state index contributed by atoms with van der Waals surface area (Å²) in [6.45, 7) is 6.02. The van der Waals surface area contributed by atoms with Crippen molar-refractivity contribution >= 4 is 41.8 Å². The van der Waals surface area contributed by atoms with Gasteiger partial charge in [-0.1, -0.05) is 52.4 Å². The summed E-state index contributed by atoms with van der Waals surface area (Å²) < 4.78 is 0. The molecule has 1 radical (unpaired) electrons. The first-order valence-corrected chi connectivity index (χ1v) is 12.0. The Morgan fingerprint density at radius 1 is 1.09 bits per heavy atom. The highest BCUT2D eigenvalue weighted by atomic mass is 79.9. The Kier molecular flexibility index (Phi) is 24.5. The molecule has 0 aromatic carbocycles. The molecule has 0 rings (SSSR count). The maximum atomic E-state index is 3.78. The Balaban J connectivity index is 0.